The van der Waals surface area contributed by atoms with Crippen LogP contribution in [-0.4, -0.2) is 82.2 Å². The van der Waals surface area contributed by atoms with E-state index < -0.39 is 12.2 Å². The highest BCUT2D eigenvalue weighted by atomic mass is 35.5. The van der Waals surface area contributed by atoms with Crippen molar-refractivity contribution in [1.82, 2.24) is 30.2 Å². The number of carbonyl (C=O) groups excluding carboxylic acids is 4. The number of ether oxygens (including phenoxy) is 2. The molecule has 4 amide bonds. The molecule has 0 saturated heterocycles. The summed E-state index contributed by atoms with van der Waals surface area (Å²) in [6.07, 6.45) is 5.33. The molecule has 338 valence electrons. The minimum absolute atomic E-state index is 0.150. The summed E-state index contributed by atoms with van der Waals surface area (Å²) in [7, 11) is 4.39. The summed E-state index contributed by atoms with van der Waals surface area (Å²) in [6, 6.07) is 21.8. The van der Waals surface area contributed by atoms with E-state index in [0.29, 0.717) is 52.9 Å². The number of nitrogens with one attached hydrogen (secondary N) is 3. The van der Waals surface area contributed by atoms with Crippen LogP contribution in [0.2, 0.25) is 10.3 Å². The maximum absolute atomic E-state index is 12.5. The standard InChI is InChI=1S/C43H50Cl2N6O2.2C2H5NO2/c1-24(2)18-38(52)46-34-22-31(34)14-16-36-48-41(43(45)50-36)33-13-12-29-20-28(10-11-30(29)21-33)26-6-8-27(9-7-26)40-42(44)49-37(47-40)17-15-32-23-35(32)51(5)39(53)19-25(3)4;2*1-5-2(3)4/h6-13,20-21,24-25,31-32,34-35H,14-19,22-23H2,1-5H3,(H,46,52)(H,47,49)(H,48,50);2*1H3,(H2,3,4). The van der Waals surface area contributed by atoms with Crippen LogP contribution in [0, 0.1) is 23.7 Å². The van der Waals surface area contributed by atoms with Crippen LogP contribution in [0.4, 0.5) is 9.59 Å². The highest BCUT2D eigenvalue weighted by Gasteiger charge is 2.41. The van der Waals surface area contributed by atoms with Crippen molar-refractivity contribution in [3.8, 4) is 33.6 Å². The lowest BCUT2D eigenvalue weighted by molar-refractivity contribution is -0.131. The van der Waals surface area contributed by atoms with Gasteiger partial charge in [0.1, 0.15) is 33.3 Å². The number of methoxy groups -OCH3 is 2. The highest BCUT2D eigenvalue weighted by molar-refractivity contribution is 6.32. The topological polar surface area (TPSA) is 211 Å². The van der Waals surface area contributed by atoms with Gasteiger partial charge in [0.05, 0.1) is 14.2 Å². The lowest BCUT2D eigenvalue weighted by atomic mass is 9.98. The van der Waals surface area contributed by atoms with Crippen molar-refractivity contribution in [2.24, 2.45) is 35.1 Å². The van der Waals surface area contributed by atoms with Crippen LogP contribution in [0.1, 0.15) is 77.9 Å². The predicted molar refractivity (Wildman–Crippen MR) is 248 cm³/mol. The van der Waals surface area contributed by atoms with Gasteiger partial charge in [0.25, 0.3) is 0 Å². The Labute approximate surface area is 379 Å². The number of fused-ring (bicyclic) bond motifs is 1. The zero-order valence-electron chi connectivity index (χ0n) is 37.1. The molecule has 2 aromatic heterocycles. The molecule has 16 heteroatoms. The first-order valence-corrected chi connectivity index (χ1v) is 22.1. The monoisotopic (exact) mass is 902 g/mol. The summed E-state index contributed by atoms with van der Waals surface area (Å²) >= 11 is 13.3. The van der Waals surface area contributed by atoms with Gasteiger partial charge in [-0.05, 0) is 83.4 Å². The number of aromatic nitrogens is 4. The highest BCUT2D eigenvalue weighted by Crippen LogP contribution is 2.40. The van der Waals surface area contributed by atoms with Gasteiger partial charge < -0.3 is 41.1 Å². The number of benzene rings is 3. The van der Waals surface area contributed by atoms with Gasteiger partial charge in [0.2, 0.25) is 11.8 Å². The van der Waals surface area contributed by atoms with E-state index in [0.717, 1.165) is 94.6 Å². The van der Waals surface area contributed by atoms with Gasteiger partial charge in [-0.25, -0.2) is 19.6 Å². The molecular weight excluding hydrogens is 843 g/mol. The first-order valence-electron chi connectivity index (χ1n) is 21.3. The van der Waals surface area contributed by atoms with Crippen molar-refractivity contribution >= 4 is 58.0 Å². The molecule has 7 N–H and O–H groups in total. The molecule has 2 fully saturated rings. The quantitative estimate of drug-likeness (QED) is 0.0682. The number of primary amides is 2. The van der Waals surface area contributed by atoms with E-state index in [2.05, 4.69) is 125 Å². The fourth-order valence-electron chi connectivity index (χ4n) is 7.53. The van der Waals surface area contributed by atoms with Gasteiger partial charge in [0, 0.05) is 55.9 Å². The summed E-state index contributed by atoms with van der Waals surface area (Å²) in [5.74, 6) is 3.90. The number of nitrogens with zero attached hydrogens (tertiary/aromatic N) is 3. The molecule has 4 atom stereocenters. The zero-order valence-corrected chi connectivity index (χ0v) is 38.6. The van der Waals surface area contributed by atoms with Crippen LogP contribution in [0.15, 0.2) is 60.7 Å². The van der Waals surface area contributed by atoms with E-state index in [4.69, 9.17) is 33.2 Å². The normalized spacial score (nSPS) is 17.3. The lowest BCUT2D eigenvalue weighted by Crippen LogP contribution is -2.30. The minimum atomic E-state index is -0.745. The average molecular weight is 904 g/mol. The van der Waals surface area contributed by atoms with Gasteiger partial charge in [-0.3, -0.25) is 9.59 Å². The van der Waals surface area contributed by atoms with Crippen LogP contribution < -0.4 is 16.8 Å². The fourth-order valence-corrected chi connectivity index (χ4v) is 8.05. The molecule has 2 aliphatic carbocycles. The van der Waals surface area contributed by atoms with Crippen molar-refractivity contribution in [2.45, 2.75) is 91.1 Å². The summed E-state index contributed by atoms with van der Waals surface area (Å²) in [6.45, 7) is 8.30. The van der Waals surface area contributed by atoms with E-state index in [1.807, 2.05) is 11.9 Å². The molecule has 0 spiro atoms. The minimum Gasteiger partial charge on any atom is -0.453 e. The first kappa shape index (κ1) is 48.4. The molecule has 0 radical (unpaired) electrons. The average Bonchev–Trinajstić information content (AvgIpc) is 4.12. The third-order valence-corrected chi connectivity index (χ3v) is 11.7. The molecule has 7 rings (SSSR count). The first-order chi connectivity index (χ1) is 30.0. The number of carbonyl (C=O) groups is 4. The molecule has 3 aromatic carbocycles. The molecule has 5 aromatic rings. The number of rotatable bonds is 15. The summed E-state index contributed by atoms with van der Waals surface area (Å²) in [5.41, 5.74) is 14.6. The van der Waals surface area contributed by atoms with Gasteiger partial charge in [-0.1, -0.05) is 99.4 Å². The van der Waals surface area contributed by atoms with Crippen molar-refractivity contribution in [1.29, 1.82) is 0 Å². The Morgan fingerprint density at radius 2 is 1.17 bits per heavy atom. The van der Waals surface area contributed by atoms with Gasteiger partial charge in [-0.15, -0.1) is 0 Å². The number of hydrogen-bond acceptors (Lipinski definition) is 8. The Kier molecular flexibility index (Phi) is 17.0. The van der Waals surface area contributed by atoms with Gasteiger partial charge in [-0.2, -0.15) is 0 Å². The van der Waals surface area contributed by atoms with Crippen molar-refractivity contribution < 1.29 is 28.7 Å². The number of amides is 4. The number of aryl methyl sites for hydroxylation is 2. The number of hydrogen-bond donors (Lipinski definition) is 5. The van der Waals surface area contributed by atoms with E-state index in [-0.39, 0.29) is 17.9 Å². The predicted octanol–water partition coefficient (Wildman–Crippen LogP) is 9.33. The Hall–Kier alpha value is -5.60. The van der Waals surface area contributed by atoms with Crippen molar-refractivity contribution in [2.75, 3.05) is 21.3 Å². The van der Waals surface area contributed by atoms with Crippen molar-refractivity contribution in [3.63, 3.8) is 0 Å². The molecule has 14 nitrogen and oxygen atoms in total. The van der Waals surface area contributed by atoms with Crippen LogP contribution in [-0.2, 0) is 31.9 Å². The second-order valence-electron chi connectivity index (χ2n) is 17.1. The maximum Gasteiger partial charge on any atom is 0.404 e. The summed E-state index contributed by atoms with van der Waals surface area (Å²) < 4.78 is 7.78. The molecular formula is C47H60Cl2N8O6. The Morgan fingerprint density at radius 3 is 1.70 bits per heavy atom. The zero-order chi connectivity index (χ0) is 46.0. The SMILES string of the molecule is CC(C)CC(=O)NC1CC1CCc1nc(-c2ccc3cc(-c4ccc(-c5nc(CCC6CC6N(C)C(=O)CC(C)C)[nH]c5Cl)cc4)ccc3c2)c(Cl)[nH]1.COC(N)=O.COC(N)=O. The summed E-state index contributed by atoms with van der Waals surface area (Å²) in [4.78, 5) is 61.5. The number of imidazole rings is 2. The third kappa shape index (κ3) is 14.2. The molecule has 4 unspecified atom stereocenters. The third-order valence-electron chi connectivity index (χ3n) is 11.2. The summed E-state index contributed by atoms with van der Waals surface area (Å²) in [5, 5.41) is 6.51. The van der Waals surface area contributed by atoms with Crippen molar-refractivity contribution in [3.05, 3.63) is 82.6 Å². The molecule has 2 heterocycles. The second kappa shape index (κ2) is 22.2. The van der Waals surface area contributed by atoms with Crippen LogP contribution >= 0.6 is 23.2 Å². The smallest absolute Gasteiger partial charge is 0.404 e. The van der Waals surface area contributed by atoms with E-state index in [1.165, 1.54) is 14.2 Å². The van der Waals surface area contributed by atoms with Gasteiger partial charge in [0.15, 0.2) is 0 Å². The second-order valence-corrected chi connectivity index (χ2v) is 17.9. The lowest BCUT2D eigenvalue weighted by Gasteiger charge is -2.18. The largest absolute Gasteiger partial charge is 0.453 e. The van der Waals surface area contributed by atoms with Crippen LogP contribution in [0.3, 0.4) is 0 Å². The van der Waals surface area contributed by atoms with Crippen LogP contribution in [0.25, 0.3) is 44.4 Å². The molecule has 63 heavy (non-hydrogen) atoms. The maximum atomic E-state index is 12.5. The molecule has 0 aliphatic heterocycles. The van der Waals surface area contributed by atoms with E-state index >= 15 is 0 Å². The molecule has 2 saturated carbocycles. The Bertz CT molecular complexity index is 2350. The van der Waals surface area contributed by atoms with E-state index in [9.17, 15) is 19.2 Å². The molecule has 0 bridgehead atoms. The number of nitrogens with two attached hydrogens (primary N) is 2. The number of H-pyrrole nitrogens is 2. The number of halogens is 2. The number of aromatic amines is 2. The Morgan fingerprint density at radius 1 is 0.714 bits per heavy atom. The fraction of sp³-hybridized carbons (Fsp3) is 0.447. The van der Waals surface area contributed by atoms with Crippen LogP contribution in [0.5, 0.6) is 0 Å². The molecule has 2 aliphatic rings. The Balaban J connectivity index is 0.000000674. The van der Waals surface area contributed by atoms with E-state index in [1.54, 1.807) is 0 Å². The van der Waals surface area contributed by atoms with Gasteiger partial charge >= 0.3 is 12.2 Å².